The lowest BCUT2D eigenvalue weighted by molar-refractivity contribution is 0.239. The van der Waals surface area contributed by atoms with Gasteiger partial charge in [-0.1, -0.05) is 24.6 Å². The summed E-state index contributed by atoms with van der Waals surface area (Å²) in [6.07, 6.45) is 5.31. The first-order valence-electron chi connectivity index (χ1n) is 5.34. The van der Waals surface area contributed by atoms with Gasteiger partial charge in [-0.25, -0.2) is 0 Å². The second-order valence-electron chi connectivity index (χ2n) is 3.99. The van der Waals surface area contributed by atoms with Crippen molar-refractivity contribution in [3.63, 3.8) is 0 Å². The normalized spacial score (nSPS) is 25.9. The Labute approximate surface area is 106 Å². The molecule has 0 aromatic carbocycles. The summed E-state index contributed by atoms with van der Waals surface area (Å²) in [4.78, 5) is 0. The summed E-state index contributed by atoms with van der Waals surface area (Å²) in [7, 11) is 0. The summed E-state index contributed by atoms with van der Waals surface area (Å²) in [5.41, 5.74) is 0. The van der Waals surface area contributed by atoms with E-state index in [1.165, 1.54) is 0 Å². The Kier molecular flexibility index (Phi) is 6.44. The maximum Gasteiger partial charge on any atom is 0.0481 e. The minimum Gasteiger partial charge on any atom is -0.396 e. The first-order valence-corrected chi connectivity index (χ1v) is 7.19. The molecule has 0 saturated heterocycles. The molecule has 0 aliphatic heterocycles. The van der Waals surface area contributed by atoms with Gasteiger partial charge in [-0.3, -0.25) is 0 Å². The number of rotatable bonds is 5. The van der Waals surface area contributed by atoms with E-state index in [4.69, 9.17) is 28.3 Å². The summed E-state index contributed by atoms with van der Waals surface area (Å²) < 4.78 is 0. The first-order chi connectivity index (χ1) is 7.17. The van der Waals surface area contributed by atoms with Gasteiger partial charge in [-0.2, -0.15) is 11.8 Å². The molecule has 0 aromatic heterocycles. The van der Waals surface area contributed by atoms with Crippen molar-refractivity contribution in [1.29, 1.82) is 0 Å². The number of alkyl halides is 1. The van der Waals surface area contributed by atoms with Crippen LogP contribution in [0.15, 0.2) is 11.1 Å². The largest absolute Gasteiger partial charge is 0.396 e. The van der Waals surface area contributed by atoms with E-state index in [0.29, 0.717) is 16.4 Å². The molecule has 3 atom stereocenters. The highest BCUT2D eigenvalue weighted by molar-refractivity contribution is 8.00. The van der Waals surface area contributed by atoms with Crippen LogP contribution in [0.2, 0.25) is 0 Å². The molecule has 3 unspecified atom stereocenters. The highest BCUT2D eigenvalue weighted by Crippen LogP contribution is 2.34. The minimum atomic E-state index is 0.182. The van der Waals surface area contributed by atoms with E-state index in [1.54, 1.807) is 0 Å². The predicted octanol–water partition coefficient (Wildman–Crippen LogP) is 3.63. The third kappa shape index (κ3) is 4.56. The molecule has 88 valence electrons. The molecule has 1 nitrogen and oxygen atoms in total. The standard InChI is InChI=1S/C11H18Cl2OS/c1-8(9(6-12)7-14)15-11-4-2-10(13)3-5-11/h2,8-9,11,14H,3-7H2,1H3. The maximum absolute atomic E-state index is 9.14. The van der Waals surface area contributed by atoms with Gasteiger partial charge in [0.15, 0.2) is 0 Å². The van der Waals surface area contributed by atoms with Crippen molar-refractivity contribution in [2.75, 3.05) is 12.5 Å². The van der Waals surface area contributed by atoms with E-state index >= 15 is 0 Å². The summed E-state index contributed by atoms with van der Waals surface area (Å²) in [6, 6.07) is 0. The Morgan fingerprint density at radius 3 is 2.87 bits per heavy atom. The van der Waals surface area contributed by atoms with Gasteiger partial charge < -0.3 is 5.11 Å². The average Bonchev–Trinajstić information content (AvgIpc) is 2.23. The monoisotopic (exact) mass is 268 g/mol. The van der Waals surface area contributed by atoms with Gasteiger partial charge in [-0.15, -0.1) is 11.6 Å². The summed E-state index contributed by atoms with van der Waals surface area (Å²) in [6.45, 7) is 2.33. The average molecular weight is 269 g/mol. The zero-order chi connectivity index (χ0) is 11.3. The lowest BCUT2D eigenvalue weighted by atomic mass is 10.1. The second kappa shape index (κ2) is 7.05. The summed E-state index contributed by atoms with van der Waals surface area (Å²) in [5.74, 6) is 0.742. The molecule has 1 rings (SSSR count). The Bertz CT molecular complexity index is 217. The summed E-state index contributed by atoms with van der Waals surface area (Å²) >= 11 is 13.7. The lowest BCUT2D eigenvalue weighted by Gasteiger charge is -2.26. The van der Waals surface area contributed by atoms with Crippen LogP contribution in [0.25, 0.3) is 0 Å². The quantitative estimate of drug-likeness (QED) is 0.769. The van der Waals surface area contributed by atoms with Crippen molar-refractivity contribution in [2.24, 2.45) is 5.92 Å². The zero-order valence-corrected chi connectivity index (χ0v) is 11.3. The van der Waals surface area contributed by atoms with Gasteiger partial charge in [0.2, 0.25) is 0 Å². The molecule has 0 radical (unpaired) electrons. The Hall–Kier alpha value is 0.630. The molecule has 0 heterocycles. The molecule has 1 aliphatic rings. The first kappa shape index (κ1) is 13.7. The van der Waals surface area contributed by atoms with Gasteiger partial charge in [-0.05, 0) is 19.3 Å². The number of aliphatic hydroxyl groups is 1. The molecule has 1 aliphatic carbocycles. The van der Waals surface area contributed by atoms with Crippen LogP contribution in [0.1, 0.15) is 26.2 Å². The van der Waals surface area contributed by atoms with Crippen LogP contribution in [0.3, 0.4) is 0 Å². The maximum atomic E-state index is 9.14. The van der Waals surface area contributed by atoms with Crippen LogP contribution >= 0.6 is 35.0 Å². The van der Waals surface area contributed by atoms with Gasteiger partial charge in [0, 0.05) is 33.9 Å². The molecule has 4 heteroatoms. The van der Waals surface area contributed by atoms with E-state index in [9.17, 15) is 0 Å². The summed E-state index contributed by atoms with van der Waals surface area (Å²) in [5, 5.41) is 11.2. The van der Waals surface area contributed by atoms with Gasteiger partial charge in [0.25, 0.3) is 0 Å². The molecule has 0 amide bonds. The van der Waals surface area contributed by atoms with Crippen molar-refractivity contribution >= 4 is 35.0 Å². The predicted molar refractivity (Wildman–Crippen MR) is 69.9 cm³/mol. The fourth-order valence-electron chi connectivity index (χ4n) is 1.64. The van der Waals surface area contributed by atoms with E-state index in [1.807, 2.05) is 11.8 Å². The van der Waals surface area contributed by atoms with Crippen LogP contribution in [0.4, 0.5) is 0 Å². The minimum absolute atomic E-state index is 0.182. The molecule has 0 aromatic rings. The smallest absolute Gasteiger partial charge is 0.0481 e. The number of aliphatic hydroxyl groups excluding tert-OH is 1. The highest BCUT2D eigenvalue weighted by Gasteiger charge is 2.22. The van der Waals surface area contributed by atoms with E-state index in [2.05, 4.69) is 13.0 Å². The van der Waals surface area contributed by atoms with Crippen LogP contribution in [0, 0.1) is 5.92 Å². The SMILES string of the molecule is CC(SC1CC=C(Cl)CC1)C(CO)CCl. The van der Waals surface area contributed by atoms with Crippen molar-refractivity contribution in [3.05, 3.63) is 11.1 Å². The van der Waals surface area contributed by atoms with E-state index in [0.717, 1.165) is 24.3 Å². The number of halogens is 2. The molecule has 0 spiro atoms. The number of hydrogen-bond donors (Lipinski definition) is 1. The van der Waals surface area contributed by atoms with E-state index < -0.39 is 0 Å². The second-order valence-corrected chi connectivity index (χ2v) is 6.46. The molecular formula is C11H18Cl2OS. The van der Waals surface area contributed by atoms with Crippen molar-refractivity contribution in [1.82, 2.24) is 0 Å². The van der Waals surface area contributed by atoms with Crippen LogP contribution < -0.4 is 0 Å². The van der Waals surface area contributed by atoms with Crippen molar-refractivity contribution in [2.45, 2.75) is 36.7 Å². The molecule has 0 bridgehead atoms. The van der Waals surface area contributed by atoms with Crippen LogP contribution in [0.5, 0.6) is 0 Å². The van der Waals surface area contributed by atoms with Crippen LogP contribution in [-0.4, -0.2) is 28.1 Å². The Morgan fingerprint density at radius 1 is 1.67 bits per heavy atom. The van der Waals surface area contributed by atoms with Gasteiger partial charge in [0.05, 0.1) is 0 Å². The van der Waals surface area contributed by atoms with Gasteiger partial charge in [0.1, 0.15) is 0 Å². The number of hydrogen-bond acceptors (Lipinski definition) is 2. The van der Waals surface area contributed by atoms with Gasteiger partial charge >= 0.3 is 0 Å². The zero-order valence-electron chi connectivity index (χ0n) is 8.96. The third-order valence-electron chi connectivity index (χ3n) is 2.81. The molecule has 15 heavy (non-hydrogen) atoms. The van der Waals surface area contributed by atoms with Crippen molar-refractivity contribution < 1.29 is 5.11 Å². The lowest BCUT2D eigenvalue weighted by Crippen LogP contribution is -2.23. The fraction of sp³-hybridized carbons (Fsp3) is 0.818. The number of allylic oxidation sites excluding steroid dienone is 2. The topological polar surface area (TPSA) is 20.2 Å². The molecular weight excluding hydrogens is 251 g/mol. The molecule has 0 saturated carbocycles. The molecule has 1 N–H and O–H groups in total. The van der Waals surface area contributed by atoms with Crippen molar-refractivity contribution in [3.8, 4) is 0 Å². The van der Waals surface area contributed by atoms with E-state index in [-0.39, 0.29) is 12.5 Å². The molecule has 0 fully saturated rings. The Morgan fingerprint density at radius 2 is 2.40 bits per heavy atom. The Balaban J connectivity index is 2.35. The third-order valence-corrected chi connectivity index (χ3v) is 5.18. The number of thioether (sulfide) groups is 1. The highest BCUT2D eigenvalue weighted by atomic mass is 35.5. The fourth-order valence-corrected chi connectivity index (χ4v) is 3.78. The van der Waals surface area contributed by atoms with Crippen LogP contribution in [-0.2, 0) is 0 Å².